The predicted molar refractivity (Wildman–Crippen MR) is 103 cm³/mol. The number of aromatic nitrogens is 1. The van der Waals surface area contributed by atoms with Crippen LogP contribution in [0, 0.1) is 12.8 Å². The molecule has 142 valence electrons. The first-order valence-corrected chi connectivity index (χ1v) is 9.40. The number of likely N-dealkylation sites (tertiary alicyclic amines) is 1. The Morgan fingerprint density at radius 1 is 1.07 bits per heavy atom. The van der Waals surface area contributed by atoms with E-state index in [0.29, 0.717) is 32.6 Å². The molecule has 3 heterocycles. The van der Waals surface area contributed by atoms with Gasteiger partial charge >= 0.3 is 6.09 Å². The average Bonchev–Trinajstić information content (AvgIpc) is 3.17. The lowest BCUT2D eigenvalue weighted by Gasteiger charge is -2.37. The molecule has 2 aliphatic heterocycles. The molecule has 2 amide bonds. The highest BCUT2D eigenvalue weighted by molar-refractivity contribution is 5.92. The number of pyridine rings is 1. The number of anilines is 1. The molecule has 0 saturated carbocycles. The van der Waals surface area contributed by atoms with E-state index in [4.69, 9.17) is 5.11 Å². The highest BCUT2D eigenvalue weighted by Crippen LogP contribution is 2.27. The second-order valence-corrected chi connectivity index (χ2v) is 7.38. The number of aryl methyl sites for hydroxylation is 1. The molecule has 1 atom stereocenters. The minimum Gasteiger partial charge on any atom is -0.465 e. The Morgan fingerprint density at radius 2 is 1.85 bits per heavy atom. The summed E-state index contributed by atoms with van der Waals surface area (Å²) >= 11 is 0. The number of piperazine rings is 1. The van der Waals surface area contributed by atoms with Crippen molar-refractivity contribution >= 4 is 28.6 Å². The first kappa shape index (κ1) is 17.6. The monoisotopic (exact) mass is 368 g/mol. The molecule has 27 heavy (non-hydrogen) atoms. The van der Waals surface area contributed by atoms with Crippen LogP contribution in [0.3, 0.4) is 0 Å². The van der Waals surface area contributed by atoms with Gasteiger partial charge in [0.2, 0.25) is 5.91 Å². The molecule has 0 spiro atoms. The molecule has 7 heteroatoms. The van der Waals surface area contributed by atoms with Crippen LogP contribution >= 0.6 is 0 Å². The van der Waals surface area contributed by atoms with Gasteiger partial charge in [0.15, 0.2) is 0 Å². The molecule has 2 saturated heterocycles. The van der Waals surface area contributed by atoms with Crippen molar-refractivity contribution < 1.29 is 14.7 Å². The van der Waals surface area contributed by atoms with E-state index < -0.39 is 6.09 Å². The Labute approximate surface area is 158 Å². The Balaban J connectivity index is 1.42. The maximum atomic E-state index is 12.7. The van der Waals surface area contributed by atoms with Crippen molar-refractivity contribution in [2.75, 3.05) is 44.2 Å². The van der Waals surface area contributed by atoms with Crippen molar-refractivity contribution in [3.05, 3.63) is 36.0 Å². The zero-order chi connectivity index (χ0) is 19.0. The summed E-state index contributed by atoms with van der Waals surface area (Å²) in [6, 6.07) is 8.34. The summed E-state index contributed by atoms with van der Waals surface area (Å²) in [6.07, 6.45) is 1.53. The van der Waals surface area contributed by atoms with Gasteiger partial charge in [0.25, 0.3) is 0 Å². The lowest BCUT2D eigenvalue weighted by atomic mass is 10.1. The molecule has 0 aliphatic carbocycles. The van der Waals surface area contributed by atoms with Crippen LogP contribution < -0.4 is 4.90 Å². The number of hydrogen-bond donors (Lipinski definition) is 1. The quantitative estimate of drug-likeness (QED) is 0.879. The molecule has 1 N–H and O–H groups in total. The largest absolute Gasteiger partial charge is 0.465 e. The van der Waals surface area contributed by atoms with Gasteiger partial charge in [-0.2, -0.15) is 0 Å². The van der Waals surface area contributed by atoms with E-state index in [1.54, 1.807) is 0 Å². The van der Waals surface area contributed by atoms with Crippen LogP contribution in [0.15, 0.2) is 30.5 Å². The summed E-state index contributed by atoms with van der Waals surface area (Å²) < 4.78 is 0. The summed E-state index contributed by atoms with van der Waals surface area (Å²) in [4.78, 5) is 33.8. The molecular formula is C20H24N4O3. The summed E-state index contributed by atoms with van der Waals surface area (Å²) in [6.45, 7) is 5.71. The summed E-state index contributed by atoms with van der Waals surface area (Å²) in [5.41, 5.74) is 3.34. The van der Waals surface area contributed by atoms with E-state index in [2.05, 4.69) is 35.0 Å². The molecule has 0 radical (unpaired) electrons. The smallest absolute Gasteiger partial charge is 0.407 e. The molecule has 1 aromatic carbocycles. The van der Waals surface area contributed by atoms with Crippen LogP contribution in [-0.2, 0) is 4.79 Å². The Morgan fingerprint density at radius 3 is 2.56 bits per heavy atom. The number of carboxylic acid groups (broad SMARTS) is 1. The minimum absolute atomic E-state index is 0.0913. The van der Waals surface area contributed by atoms with Crippen molar-refractivity contribution in [2.24, 2.45) is 5.92 Å². The normalized spacial score (nSPS) is 20.3. The predicted octanol–water partition coefficient (Wildman–Crippen LogP) is 2.19. The lowest BCUT2D eigenvalue weighted by molar-refractivity contribution is -0.135. The standard InChI is InChI=1S/C20H24N4O3/c1-14-2-3-16-17(12-14)21-6-4-18(16)22-8-10-23(11-9-22)19(25)15-5-7-24(13-15)20(26)27/h2-4,6,12,15H,5,7-11,13H2,1H3,(H,26,27). The fourth-order valence-corrected chi connectivity index (χ4v) is 4.08. The highest BCUT2D eigenvalue weighted by Gasteiger charge is 2.34. The third-order valence-electron chi connectivity index (χ3n) is 5.62. The van der Waals surface area contributed by atoms with Gasteiger partial charge in [-0.15, -0.1) is 0 Å². The fraction of sp³-hybridized carbons (Fsp3) is 0.450. The van der Waals surface area contributed by atoms with Crippen LogP contribution in [0.4, 0.5) is 10.5 Å². The fourth-order valence-electron chi connectivity index (χ4n) is 4.08. The van der Waals surface area contributed by atoms with Crippen molar-refractivity contribution in [3.63, 3.8) is 0 Å². The number of amides is 2. The van der Waals surface area contributed by atoms with Gasteiger partial charge in [0.05, 0.1) is 11.4 Å². The summed E-state index contributed by atoms with van der Waals surface area (Å²) in [7, 11) is 0. The van der Waals surface area contributed by atoms with Crippen molar-refractivity contribution in [1.29, 1.82) is 0 Å². The maximum absolute atomic E-state index is 12.7. The van der Waals surface area contributed by atoms with E-state index >= 15 is 0 Å². The van der Waals surface area contributed by atoms with Crippen molar-refractivity contribution in [2.45, 2.75) is 13.3 Å². The number of nitrogens with zero attached hydrogens (tertiary/aromatic N) is 4. The van der Waals surface area contributed by atoms with Gasteiger partial charge in [-0.1, -0.05) is 12.1 Å². The van der Waals surface area contributed by atoms with E-state index in [1.165, 1.54) is 10.5 Å². The Hall–Kier alpha value is -2.83. The van der Waals surface area contributed by atoms with E-state index in [1.807, 2.05) is 17.2 Å². The number of carbonyl (C=O) groups is 2. The van der Waals surface area contributed by atoms with Crippen LogP contribution in [-0.4, -0.2) is 71.2 Å². The van der Waals surface area contributed by atoms with Crippen LogP contribution in [0.5, 0.6) is 0 Å². The summed E-state index contributed by atoms with van der Waals surface area (Å²) in [5, 5.41) is 10.2. The Bertz CT molecular complexity index is 877. The van der Waals surface area contributed by atoms with Crippen molar-refractivity contribution in [1.82, 2.24) is 14.8 Å². The first-order valence-electron chi connectivity index (χ1n) is 9.40. The van der Waals surface area contributed by atoms with Gasteiger partial charge in [0, 0.05) is 56.5 Å². The van der Waals surface area contributed by atoms with Gasteiger partial charge < -0.3 is 19.8 Å². The second kappa shape index (κ2) is 7.06. The number of rotatable bonds is 2. The number of carbonyl (C=O) groups excluding carboxylic acids is 1. The van der Waals surface area contributed by atoms with Gasteiger partial charge in [-0.3, -0.25) is 9.78 Å². The number of benzene rings is 1. The Kier molecular flexibility index (Phi) is 4.59. The molecule has 2 fully saturated rings. The lowest BCUT2D eigenvalue weighted by Crippen LogP contribution is -2.50. The topological polar surface area (TPSA) is 77.0 Å². The molecular weight excluding hydrogens is 344 g/mol. The molecule has 7 nitrogen and oxygen atoms in total. The van der Waals surface area contributed by atoms with Gasteiger partial charge in [-0.05, 0) is 31.0 Å². The van der Waals surface area contributed by atoms with Crippen molar-refractivity contribution in [3.8, 4) is 0 Å². The molecule has 2 aromatic rings. The van der Waals surface area contributed by atoms with Crippen LogP contribution in [0.25, 0.3) is 10.9 Å². The van der Waals surface area contributed by atoms with E-state index in [-0.39, 0.29) is 11.8 Å². The van der Waals surface area contributed by atoms with E-state index in [0.717, 1.165) is 29.7 Å². The average molecular weight is 368 g/mol. The molecule has 2 aliphatic rings. The zero-order valence-electron chi connectivity index (χ0n) is 15.5. The van der Waals surface area contributed by atoms with Gasteiger partial charge in [0.1, 0.15) is 0 Å². The third kappa shape index (κ3) is 3.41. The maximum Gasteiger partial charge on any atom is 0.407 e. The van der Waals surface area contributed by atoms with Crippen LogP contribution in [0.2, 0.25) is 0 Å². The highest BCUT2D eigenvalue weighted by atomic mass is 16.4. The molecule has 0 bridgehead atoms. The SMILES string of the molecule is Cc1ccc2c(N3CCN(C(=O)C4CCN(C(=O)O)C4)CC3)ccnc2c1. The van der Waals surface area contributed by atoms with Gasteiger partial charge in [-0.25, -0.2) is 4.79 Å². The van der Waals surface area contributed by atoms with E-state index in [9.17, 15) is 9.59 Å². The molecule has 1 unspecified atom stereocenters. The number of fused-ring (bicyclic) bond motifs is 1. The first-order chi connectivity index (χ1) is 13.0. The van der Waals surface area contributed by atoms with Crippen LogP contribution in [0.1, 0.15) is 12.0 Å². The molecule has 4 rings (SSSR count). The summed E-state index contributed by atoms with van der Waals surface area (Å²) in [5.74, 6) is -0.106. The third-order valence-corrected chi connectivity index (χ3v) is 5.62. The molecule has 1 aromatic heterocycles. The number of hydrogen-bond acceptors (Lipinski definition) is 4. The minimum atomic E-state index is -0.935. The second-order valence-electron chi connectivity index (χ2n) is 7.38. The zero-order valence-corrected chi connectivity index (χ0v) is 15.5.